The summed E-state index contributed by atoms with van der Waals surface area (Å²) in [6.45, 7) is 2.42. The van der Waals surface area contributed by atoms with E-state index in [0.717, 1.165) is 34.8 Å². The Kier molecular flexibility index (Phi) is 5.01. The Morgan fingerprint density at radius 1 is 1.04 bits per heavy atom. The van der Waals surface area contributed by atoms with Crippen LogP contribution in [0.3, 0.4) is 0 Å². The summed E-state index contributed by atoms with van der Waals surface area (Å²) in [5, 5.41) is 14.6. The molecule has 0 aliphatic carbocycles. The molecule has 2 aromatic carbocycles. The van der Waals surface area contributed by atoms with Crippen molar-refractivity contribution in [1.82, 2.24) is 25.3 Å². The van der Waals surface area contributed by atoms with Gasteiger partial charge in [0.2, 0.25) is 0 Å². The number of aryl methyl sites for hydroxylation is 1. The summed E-state index contributed by atoms with van der Waals surface area (Å²) in [5.74, 6) is -0.223. The second kappa shape index (κ2) is 7.92. The largest absolute Gasteiger partial charge is 0.345 e. The zero-order valence-corrected chi connectivity index (χ0v) is 15.6. The predicted octanol–water partition coefficient (Wildman–Crippen LogP) is 3.75. The number of carbonyl (C=O) groups excluding carboxylic acids is 1. The van der Waals surface area contributed by atoms with E-state index in [0.29, 0.717) is 12.2 Å². The van der Waals surface area contributed by atoms with Gasteiger partial charge in [0.05, 0.1) is 29.3 Å². The van der Waals surface area contributed by atoms with Crippen LogP contribution in [0, 0.1) is 0 Å². The van der Waals surface area contributed by atoms with Crippen molar-refractivity contribution < 1.29 is 4.79 Å². The number of hydrogen-bond acceptors (Lipinski definition) is 3. The molecule has 0 radical (unpaired) electrons. The first-order valence-electron chi connectivity index (χ1n) is 9.27. The lowest BCUT2D eigenvalue weighted by molar-refractivity contribution is 0.0945. The minimum absolute atomic E-state index is 0.223. The van der Waals surface area contributed by atoms with Gasteiger partial charge in [0.1, 0.15) is 0 Å². The summed E-state index contributed by atoms with van der Waals surface area (Å²) in [6, 6.07) is 23.5. The number of amides is 1. The highest BCUT2D eigenvalue weighted by molar-refractivity contribution is 5.93. The van der Waals surface area contributed by atoms with Gasteiger partial charge in [-0.15, -0.1) is 0 Å². The molecule has 28 heavy (non-hydrogen) atoms. The highest BCUT2D eigenvalue weighted by atomic mass is 16.1. The van der Waals surface area contributed by atoms with Gasteiger partial charge >= 0.3 is 0 Å². The minimum Gasteiger partial charge on any atom is -0.345 e. The molecule has 4 rings (SSSR count). The summed E-state index contributed by atoms with van der Waals surface area (Å²) in [7, 11) is 0. The lowest BCUT2D eigenvalue weighted by Gasteiger charge is -2.07. The van der Waals surface area contributed by atoms with Crippen LogP contribution in [0.1, 0.15) is 28.8 Å². The first kappa shape index (κ1) is 17.7. The summed E-state index contributed by atoms with van der Waals surface area (Å²) in [5.41, 5.74) is 4.99. The summed E-state index contributed by atoms with van der Waals surface area (Å²) in [6.07, 6.45) is 0.854. The van der Waals surface area contributed by atoms with Crippen molar-refractivity contribution >= 4 is 5.91 Å². The molecule has 2 N–H and O–H groups in total. The van der Waals surface area contributed by atoms with Crippen LogP contribution in [0.2, 0.25) is 0 Å². The van der Waals surface area contributed by atoms with Crippen LogP contribution in [0.5, 0.6) is 0 Å². The molecule has 0 aliphatic heterocycles. The number of benzene rings is 2. The standard InChI is InChI=1S/C22H21N5O/c1-2-17-13-18(25-24-17)15-23-22(28)20-14-21(16-9-5-3-6-10-16)27(26-20)19-11-7-4-8-12-19/h3-14H,2,15H2,1H3,(H,23,28)(H,24,25). The minimum atomic E-state index is -0.223. The molecule has 0 spiro atoms. The molecule has 0 aliphatic rings. The number of aromatic nitrogens is 4. The van der Waals surface area contributed by atoms with Crippen LogP contribution in [0.25, 0.3) is 16.9 Å². The maximum atomic E-state index is 12.7. The number of carbonyl (C=O) groups is 1. The van der Waals surface area contributed by atoms with E-state index in [4.69, 9.17) is 0 Å². The van der Waals surface area contributed by atoms with Crippen LogP contribution in [0.15, 0.2) is 72.8 Å². The molecule has 0 unspecified atom stereocenters. The molecule has 0 atom stereocenters. The smallest absolute Gasteiger partial charge is 0.272 e. The number of nitrogens with zero attached hydrogens (tertiary/aromatic N) is 3. The first-order chi connectivity index (χ1) is 13.7. The van der Waals surface area contributed by atoms with Gasteiger partial charge in [0, 0.05) is 5.56 Å². The lowest BCUT2D eigenvalue weighted by atomic mass is 10.1. The van der Waals surface area contributed by atoms with Gasteiger partial charge in [-0.1, -0.05) is 55.5 Å². The molecule has 0 saturated heterocycles. The van der Waals surface area contributed by atoms with Crippen LogP contribution >= 0.6 is 0 Å². The number of H-pyrrole nitrogens is 1. The number of para-hydroxylation sites is 1. The summed E-state index contributed by atoms with van der Waals surface area (Å²) >= 11 is 0. The molecule has 140 valence electrons. The molecule has 0 bridgehead atoms. The Bertz CT molecular complexity index is 1010. The molecule has 0 fully saturated rings. The van der Waals surface area contributed by atoms with Gasteiger partial charge < -0.3 is 5.32 Å². The van der Waals surface area contributed by atoms with Crippen LogP contribution in [-0.2, 0) is 13.0 Å². The van der Waals surface area contributed by atoms with Gasteiger partial charge in [0.25, 0.3) is 5.91 Å². The Hall–Kier alpha value is -3.67. The molecule has 6 nitrogen and oxygen atoms in total. The molecule has 4 aromatic rings. The molecular weight excluding hydrogens is 350 g/mol. The Balaban J connectivity index is 1.62. The zero-order chi connectivity index (χ0) is 19.3. The van der Waals surface area contributed by atoms with E-state index in [2.05, 4.69) is 20.6 Å². The molecule has 0 saturated carbocycles. The third-order valence-electron chi connectivity index (χ3n) is 4.50. The average Bonchev–Trinajstić information content (AvgIpc) is 3.40. The molecular formula is C22H21N5O. The van der Waals surface area contributed by atoms with Gasteiger partial charge in [-0.05, 0) is 30.7 Å². The second-order valence-corrected chi connectivity index (χ2v) is 6.45. The van der Waals surface area contributed by atoms with Crippen molar-refractivity contribution in [3.05, 3.63) is 89.9 Å². The van der Waals surface area contributed by atoms with E-state index >= 15 is 0 Å². The number of aromatic amines is 1. The number of nitrogens with one attached hydrogen (secondary N) is 2. The van der Waals surface area contributed by atoms with E-state index in [1.54, 1.807) is 4.68 Å². The van der Waals surface area contributed by atoms with Crippen molar-refractivity contribution in [2.45, 2.75) is 19.9 Å². The van der Waals surface area contributed by atoms with E-state index in [1.807, 2.05) is 79.7 Å². The van der Waals surface area contributed by atoms with Gasteiger partial charge in [-0.2, -0.15) is 10.2 Å². The van der Waals surface area contributed by atoms with Crippen LogP contribution in [-0.4, -0.2) is 25.9 Å². The number of rotatable bonds is 6. The maximum Gasteiger partial charge on any atom is 0.272 e. The zero-order valence-electron chi connectivity index (χ0n) is 15.6. The number of hydrogen-bond donors (Lipinski definition) is 2. The highest BCUT2D eigenvalue weighted by Gasteiger charge is 2.16. The topological polar surface area (TPSA) is 75.6 Å². The van der Waals surface area contributed by atoms with E-state index in [9.17, 15) is 4.79 Å². The maximum absolute atomic E-state index is 12.7. The monoisotopic (exact) mass is 371 g/mol. The van der Waals surface area contributed by atoms with Gasteiger partial charge in [0.15, 0.2) is 5.69 Å². The molecule has 1 amide bonds. The molecule has 2 aromatic heterocycles. The van der Waals surface area contributed by atoms with Crippen LogP contribution in [0.4, 0.5) is 0 Å². The Labute approximate surface area is 163 Å². The molecule has 6 heteroatoms. The average molecular weight is 371 g/mol. The van der Waals surface area contributed by atoms with Crippen molar-refractivity contribution in [3.63, 3.8) is 0 Å². The van der Waals surface area contributed by atoms with E-state index in [-0.39, 0.29) is 5.91 Å². The van der Waals surface area contributed by atoms with Crippen molar-refractivity contribution in [1.29, 1.82) is 0 Å². The van der Waals surface area contributed by atoms with Gasteiger partial charge in [-0.25, -0.2) is 4.68 Å². The fourth-order valence-electron chi connectivity index (χ4n) is 3.02. The predicted molar refractivity (Wildman–Crippen MR) is 108 cm³/mol. The first-order valence-corrected chi connectivity index (χ1v) is 9.27. The Morgan fingerprint density at radius 3 is 2.43 bits per heavy atom. The van der Waals surface area contributed by atoms with Crippen molar-refractivity contribution in [3.8, 4) is 16.9 Å². The van der Waals surface area contributed by atoms with Crippen LogP contribution < -0.4 is 5.32 Å². The Morgan fingerprint density at radius 2 is 1.75 bits per heavy atom. The summed E-state index contributed by atoms with van der Waals surface area (Å²) in [4.78, 5) is 12.7. The normalized spacial score (nSPS) is 10.8. The van der Waals surface area contributed by atoms with Crippen molar-refractivity contribution in [2.75, 3.05) is 0 Å². The third kappa shape index (κ3) is 3.71. The van der Waals surface area contributed by atoms with Crippen molar-refractivity contribution in [2.24, 2.45) is 0 Å². The lowest BCUT2D eigenvalue weighted by Crippen LogP contribution is -2.23. The summed E-state index contributed by atoms with van der Waals surface area (Å²) < 4.78 is 1.80. The fourth-order valence-corrected chi connectivity index (χ4v) is 3.02. The third-order valence-corrected chi connectivity index (χ3v) is 4.50. The second-order valence-electron chi connectivity index (χ2n) is 6.45. The van der Waals surface area contributed by atoms with Gasteiger partial charge in [-0.3, -0.25) is 9.89 Å². The quantitative estimate of drug-likeness (QED) is 0.542. The molecule has 2 heterocycles. The van der Waals surface area contributed by atoms with E-state index in [1.165, 1.54) is 0 Å². The SMILES string of the molecule is CCc1cc(CNC(=O)c2cc(-c3ccccc3)n(-c3ccccc3)n2)[nH]n1. The van der Waals surface area contributed by atoms with E-state index < -0.39 is 0 Å². The highest BCUT2D eigenvalue weighted by Crippen LogP contribution is 2.24. The fraction of sp³-hybridized carbons (Fsp3) is 0.136.